The minimum atomic E-state index is -0.236. The number of benzene rings is 2. The Balaban J connectivity index is 1.42. The molecule has 2 saturated heterocycles. The number of hydrogen-bond acceptors (Lipinski definition) is 3. The molecule has 0 unspecified atom stereocenters. The van der Waals surface area contributed by atoms with E-state index in [4.69, 9.17) is 23.2 Å². The van der Waals surface area contributed by atoms with Crippen LogP contribution in [0.25, 0.3) is 0 Å². The van der Waals surface area contributed by atoms with Crippen molar-refractivity contribution in [2.24, 2.45) is 0 Å². The molecule has 3 amide bonds. The maximum absolute atomic E-state index is 13.3. The van der Waals surface area contributed by atoms with Gasteiger partial charge in [0.05, 0.1) is 14.9 Å². The van der Waals surface area contributed by atoms with Crippen molar-refractivity contribution in [1.82, 2.24) is 9.80 Å². The topological polar surface area (TPSA) is 52.7 Å². The summed E-state index contributed by atoms with van der Waals surface area (Å²) in [5.74, 6) is 1.01. The van der Waals surface area contributed by atoms with E-state index in [1.165, 1.54) is 0 Å². The molecular weight excluding hydrogens is 441 g/mol. The summed E-state index contributed by atoms with van der Waals surface area (Å²) in [5.41, 5.74) is 2.37. The third-order valence-electron chi connectivity index (χ3n) is 5.80. The Morgan fingerprint density at radius 1 is 1.03 bits per heavy atom. The summed E-state index contributed by atoms with van der Waals surface area (Å²) in [4.78, 5) is 29.5. The first kappa shape index (κ1) is 21.3. The van der Waals surface area contributed by atoms with Crippen LogP contribution in [-0.2, 0) is 0 Å². The first-order valence-electron chi connectivity index (χ1n) is 9.92. The molecule has 2 fully saturated rings. The Morgan fingerprint density at radius 3 is 2.47 bits per heavy atom. The summed E-state index contributed by atoms with van der Waals surface area (Å²) in [5, 5.41) is 3.74. The Bertz CT molecular complexity index is 977. The lowest BCUT2D eigenvalue weighted by atomic mass is 10.00. The van der Waals surface area contributed by atoms with E-state index in [-0.39, 0.29) is 16.8 Å². The van der Waals surface area contributed by atoms with Gasteiger partial charge < -0.3 is 15.1 Å². The fourth-order valence-electron chi connectivity index (χ4n) is 4.10. The standard InChI is InChI=1S/C22H23Cl2N3O2S/c1-15-4-2-3-5-17(15)20(28)27-12-13-30-22(27)8-10-26(11-9-22)21(29)25-16-6-7-18(23)19(24)14-16/h2-7,14H,8-13H2,1H3,(H,25,29). The van der Waals surface area contributed by atoms with Crippen molar-refractivity contribution in [1.29, 1.82) is 0 Å². The number of urea groups is 1. The van der Waals surface area contributed by atoms with Crippen LogP contribution in [0.1, 0.15) is 28.8 Å². The van der Waals surface area contributed by atoms with Gasteiger partial charge in [0.15, 0.2) is 0 Å². The highest BCUT2D eigenvalue weighted by atomic mass is 35.5. The highest BCUT2D eigenvalue weighted by Crippen LogP contribution is 2.44. The van der Waals surface area contributed by atoms with Crippen molar-refractivity contribution >= 4 is 52.6 Å². The van der Waals surface area contributed by atoms with Crippen molar-refractivity contribution in [3.63, 3.8) is 0 Å². The van der Waals surface area contributed by atoms with Gasteiger partial charge >= 0.3 is 6.03 Å². The van der Waals surface area contributed by atoms with E-state index >= 15 is 0 Å². The van der Waals surface area contributed by atoms with Gasteiger partial charge in [0.1, 0.15) is 0 Å². The lowest BCUT2D eigenvalue weighted by Crippen LogP contribution is -2.54. The van der Waals surface area contributed by atoms with Gasteiger partial charge in [-0.25, -0.2) is 4.79 Å². The quantitative estimate of drug-likeness (QED) is 0.637. The van der Waals surface area contributed by atoms with Crippen LogP contribution in [0.4, 0.5) is 10.5 Å². The van der Waals surface area contributed by atoms with Gasteiger partial charge in [-0.3, -0.25) is 4.79 Å². The highest BCUT2D eigenvalue weighted by molar-refractivity contribution is 8.00. The van der Waals surface area contributed by atoms with Crippen molar-refractivity contribution in [3.8, 4) is 0 Å². The molecule has 8 heteroatoms. The molecule has 158 valence electrons. The Kier molecular flexibility index (Phi) is 6.19. The number of carbonyl (C=O) groups is 2. The first-order valence-corrected chi connectivity index (χ1v) is 11.7. The number of nitrogens with one attached hydrogen (secondary N) is 1. The monoisotopic (exact) mass is 463 g/mol. The number of carbonyl (C=O) groups excluding carboxylic acids is 2. The molecule has 30 heavy (non-hydrogen) atoms. The summed E-state index contributed by atoms with van der Waals surface area (Å²) in [6.45, 7) is 3.90. The van der Waals surface area contributed by atoms with Crippen LogP contribution in [0.15, 0.2) is 42.5 Å². The second-order valence-corrected chi connectivity index (χ2v) is 9.88. The van der Waals surface area contributed by atoms with Gasteiger partial charge in [-0.05, 0) is 49.6 Å². The summed E-state index contributed by atoms with van der Waals surface area (Å²) in [6, 6.07) is 12.6. The Morgan fingerprint density at radius 2 is 1.77 bits per heavy atom. The van der Waals surface area contributed by atoms with E-state index in [2.05, 4.69) is 5.32 Å². The van der Waals surface area contributed by atoms with E-state index < -0.39 is 0 Å². The second kappa shape index (κ2) is 8.69. The fourth-order valence-corrected chi connectivity index (χ4v) is 5.86. The molecule has 2 aliphatic rings. The van der Waals surface area contributed by atoms with E-state index in [0.29, 0.717) is 28.8 Å². The average molecular weight is 464 g/mol. The van der Waals surface area contributed by atoms with Crippen LogP contribution in [0.5, 0.6) is 0 Å². The number of thioether (sulfide) groups is 1. The van der Waals surface area contributed by atoms with Gasteiger partial charge in [-0.1, -0.05) is 41.4 Å². The number of aryl methyl sites for hydroxylation is 1. The van der Waals surface area contributed by atoms with Crippen LogP contribution in [-0.4, -0.2) is 52.0 Å². The SMILES string of the molecule is Cc1ccccc1C(=O)N1CCSC12CCN(C(=O)Nc1ccc(Cl)c(Cl)c1)CC2. The molecule has 1 spiro atoms. The Hall–Kier alpha value is -1.89. The molecule has 2 aromatic carbocycles. The smallest absolute Gasteiger partial charge is 0.321 e. The summed E-state index contributed by atoms with van der Waals surface area (Å²) in [7, 11) is 0. The van der Waals surface area contributed by atoms with Crippen LogP contribution < -0.4 is 5.32 Å². The average Bonchev–Trinajstić information content (AvgIpc) is 3.14. The maximum atomic E-state index is 13.3. The van der Waals surface area contributed by atoms with Crippen molar-refractivity contribution in [2.75, 3.05) is 30.7 Å². The molecule has 0 aromatic heterocycles. The highest BCUT2D eigenvalue weighted by Gasteiger charge is 2.47. The van der Waals surface area contributed by atoms with Crippen molar-refractivity contribution in [3.05, 3.63) is 63.6 Å². The number of halogens is 2. The molecule has 2 heterocycles. The molecule has 2 aliphatic heterocycles. The minimum Gasteiger partial charge on any atom is -0.324 e. The lowest BCUT2D eigenvalue weighted by Gasteiger charge is -2.44. The van der Waals surface area contributed by atoms with Gasteiger partial charge in [-0.2, -0.15) is 0 Å². The van der Waals surface area contributed by atoms with Crippen LogP contribution in [0.3, 0.4) is 0 Å². The predicted octanol–water partition coefficient (Wildman–Crippen LogP) is 5.52. The van der Waals surface area contributed by atoms with E-state index in [0.717, 1.165) is 36.3 Å². The molecule has 5 nitrogen and oxygen atoms in total. The predicted molar refractivity (Wildman–Crippen MR) is 124 cm³/mol. The molecule has 0 bridgehead atoms. The number of hydrogen-bond donors (Lipinski definition) is 1. The number of anilines is 1. The zero-order chi connectivity index (χ0) is 21.3. The number of piperidine rings is 1. The van der Waals surface area contributed by atoms with E-state index in [1.54, 1.807) is 23.1 Å². The molecular formula is C22H23Cl2N3O2S. The zero-order valence-corrected chi connectivity index (χ0v) is 19.0. The summed E-state index contributed by atoms with van der Waals surface area (Å²) < 4.78 is 0. The van der Waals surface area contributed by atoms with E-state index in [9.17, 15) is 9.59 Å². The first-order chi connectivity index (χ1) is 14.4. The number of rotatable bonds is 2. The second-order valence-electron chi connectivity index (χ2n) is 7.61. The van der Waals surface area contributed by atoms with Gasteiger partial charge in [0.25, 0.3) is 5.91 Å². The van der Waals surface area contributed by atoms with E-state index in [1.807, 2.05) is 47.9 Å². The number of nitrogens with zero attached hydrogens (tertiary/aromatic N) is 2. The molecule has 0 saturated carbocycles. The Labute approximate surface area is 190 Å². The largest absolute Gasteiger partial charge is 0.324 e. The van der Waals surface area contributed by atoms with Gasteiger partial charge in [0, 0.05) is 36.6 Å². The fraction of sp³-hybridized carbons (Fsp3) is 0.364. The van der Waals surface area contributed by atoms with Crippen LogP contribution in [0, 0.1) is 6.92 Å². The maximum Gasteiger partial charge on any atom is 0.321 e. The normalized spacial score (nSPS) is 18.0. The molecule has 0 radical (unpaired) electrons. The van der Waals surface area contributed by atoms with Crippen molar-refractivity contribution in [2.45, 2.75) is 24.6 Å². The molecule has 0 aliphatic carbocycles. The molecule has 1 N–H and O–H groups in total. The molecule has 2 aromatic rings. The third kappa shape index (κ3) is 4.13. The van der Waals surface area contributed by atoms with Gasteiger partial charge in [-0.15, -0.1) is 11.8 Å². The third-order valence-corrected chi connectivity index (χ3v) is 8.09. The molecule has 0 atom stereocenters. The van der Waals surface area contributed by atoms with Crippen molar-refractivity contribution < 1.29 is 9.59 Å². The lowest BCUT2D eigenvalue weighted by molar-refractivity contribution is 0.0585. The number of amides is 3. The van der Waals surface area contributed by atoms with Crippen LogP contribution in [0.2, 0.25) is 10.0 Å². The summed E-state index contributed by atoms with van der Waals surface area (Å²) >= 11 is 13.8. The minimum absolute atomic E-state index is 0.0896. The van der Waals surface area contributed by atoms with Crippen LogP contribution >= 0.6 is 35.0 Å². The zero-order valence-electron chi connectivity index (χ0n) is 16.7. The molecule has 4 rings (SSSR count). The number of likely N-dealkylation sites (tertiary alicyclic amines) is 1. The van der Waals surface area contributed by atoms with Gasteiger partial charge in [0.2, 0.25) is 0 Å². The summed E-state index contributed by atoms with van der Waals surface area (Å²) in [6.07, 6.45) is 1.51.